The Morgan fingerprint density at radius 1 is 1.32 bits per heavy atom. The molecule has 0 aromatic rings. The van der Waals surface area contributed by atoms with E-state index < -0.39 is 0 Å². The zero-order valence-electron chi connectivity index (χ0n) is 14.0. The second-order valence-electron chi connectivity index (χ2n) is 7.49. The molecular weight excluding hydrogens is 276 g/mol. The Morgan fingerprint density at radius 2 is 2.14 bits per heavy atom. The summed E-state index contributed by atoms with van der Waals surface area (Å²) < 4.78 is 5.96. The molecule has 3 fully saturated rings. The number of carbonyl (C=O) groups excluding carboxylic acids is 1. The van der Waals surface area contributed by atoms with Crippen LogP contribution >= 0.6 is 0 Å². The van der Waals surface area contributed by atoms with E-state index in [1.807, 2.05) is 0 Å². The van der Waals surface area contributed by atoms with E-state index in [0.717, 1.165) is 32.5 Å². The second kappa shape index (κ2) is 7.31. The molecular formula is C18H32N2O2. The Bertz CT molecular complexity index is 373. The third-order valence-electron chi connectivity index (χ3n) is 6.21. The molecule has 2 saturated carbocycles. The van der Waals surface area contributed by atoms with E-state index in [2.05, 4.69) is 17.6 Å². The second-order valence-corrected chi connectivity index (χ2v) is 7.49. The maximum absolute atomic E-state index is 12.3. The lowest BCUT2D eigenvalue weighted by Gasteiger charge is -2.57. The van der Waals surface area contributed by atoms with Gasteiger partial charge in [0.25, 0.3) is 0 Å². The van der Waals surface area contributed by atoms with Crippen molar-refractivity contribution in [1.29, 1.82) is 0 Å². The van der Waals surface area contributed by atoms with Crippen LogP contribution in [0.2, 0.25) is 0 Å². The lowest BCUT2D eigenvalue weighted by Crippen LogP contribution is -2.65. The number of amides is 1. The number of hydrogen-bond acceptors (Lipinski definition) is 3. The van der Waals surface area contributed by atoms with Gasteiger partial charge in [-0.15, -0.1) is 0 Å². The van der Waals surface area contributed by atoms with E-state index in [9.17, 15) is 4.79 Å². The summed E-state index contributed by atoms with van der Waals surface area (Å²) in [5.41, 5.74) is 0.249. The van der Waals surface area contributed by atoms with E-state index in [4.69, 9.17) is 4.74 Å². The first kappa shape index (κ1) is 16.3. The van der Waals surface area contributed by atoms with Crippen molar-refractivity contribution in [3.05, 3.63) is 0 Å². The molecule has 126 valence electrons. The van der Waals surface area contributed by atoms with Crippen LogP contribution in [0.3, 0.4) is 0 Å². The van der Waals surface area contributed by atoms with Crippen LogP contribution in [0.5, 0.6) is 0 Å². The van der Waals surface area contributed by atoms with Crippen LogP contribution in [0.15, 0.2) is 0 Å². The summed E-state index contributed by atoms with van der Waals surface area (Å²) >= 11 is 0. The van der Waals surface area contributed by atoms with E-state index >= 15 is 0 Å². The van der Waals surface area contributed by atoms with Crippen molar-refractivity contribution in [2.24, 2.45) is 11.3 Å². The molecule has 4 nitrogen and oxygen atoms in total. The van der Waals surface area contributed by atoms with Crippen molar-refractivity contribution in [3.63, 3.8) is 0 Å². The normalized spacial score (nSPS) is 33.6. The van der Waals surface area contributed by atoms with Crippen LogP contribution in [-0.2, 0) is 9.53 Å². The zero-order chi connectivity index (χ0) is 15.4. The van der Waals surface area contributed by atoms with Gasteiger partial charge in [-0.2, -0.15) is 0 Å². The van der Waals surface area contributed by atoms with E-state index in [0.29, 0.717) is 24.5 Å². The van der Waals surface area contributed by atoms with Crippen molar-refractivity contribution in [1.82, 2.24) is 10.6 Å². The topological polar surface area (TPSA) is 50.4 Å². The molecule has 22 heavy (non-hydrogen) atoms. The Kier molecular flexibility index (Phi) is 5.40. The number of nitrogens with one attached hydrogen (secondary N) is 2. The van der Waals surface area contributed by atoms with Gasteiger partial charge in [0, 0.05) is 24.5 Å². The highest BCUT2D eigenvalue weighted by Crippen LogP contribution is 2.53. The molecule has 1 saturated heterocycles. The number of carbonyl (C=O) groups is 1. The summed E-state index contributed by atoms with van der Waals surface area (Å²) in [4.78, 5) is 12.3. The fourth-order valence-electron chi connectivity index (χ4n) is 4.83. The molecule has 0 aromatic heterocycles. The van der Waals surface area contributed by atoms with Gasteiger partial charge in [0.2, 0.25) is 5.91 Å². The van der Waals surface area contributed by atoms with Crippen molar-refractivity contribution in [2.45, 2.75) is 76.9 Å². The van der Waals surface area contributed by atoms with Gasteiger partial charge < -0.3 is 15.4 Å². The van der Waals surface area contributed by atoms with Gasteiger partial charge in [-0.1, -0.05) is 19.3 Å². The van der Waals surface area contributed by atoms with Crippen LogP contribution in [-0.4, -0.2) is 37.7 Å². The summed E-state index contributed by atoms with van der Waals surface area (Å²) in [5, 5.41) is 6.73. The van der Waals surface area contributed by atoms with Crippen molar-refractivity contribution < 1.29 is 9.53 Å². The lowest BCUT2D eigenvalue weighted by atomic mass is 9.55. The average molecular weight is 308 g/mol. The number of ether oxygens (including phenoxy) is 1. The number of rotatable bonds is 6. The molecule has 0 radical (unpaired) electrons. The Balaban J connectivity index is 1.49. The van der Waals surface area contributed by atoms with Gasteiger partial charge in [-0.25, -0.2) is 0 Å². The smallest absolute Gasteiger partial charge is 0.220 e. The summed E-state index contributed by atoms with van der Waals surface area (Å²) in [6.45, 7) is 5.08. The van der Waals surface area contributed by atoms with Crippen molar-refractivity contribution in [3.8, 4) is 0 Å². The van der Waals surface area contributed by atoms with Crippen molar-refractivity contribution >= 4 is 5.91 Å². The Morgan fingerprint density at radius 3 is 2.82 bits per heavy atom. The van der Waals surface area contributed by atoms with Gasteiger partial charge >= 0.3 is 0 Å². The van der Waals surface area contributed by atoms with Gasteiger partial charge in [-0.3, -0.25) is 4.79 Å². The molecule has 0 aromatic carbocycles. The maximum atomic E-state index is 12.3. The average Bonchev–Trinajstić information content (AvgIpc) is 3.06. The summed E-state index contributed by atoms with van der Waals surface area (Å²) in [6, 6.07) is 0.360. The highest BCUT2D eigenvalue weighted by molar-refractivity contribution is 5.76. The molecule has 3 aliphatic rings. The van der Waals surface area contributed by atoms with E-state index in [1.165, 1.54) is 38.5 Å². The third kappa shape index (κ3) is 3.33. The van der Waals surface area contributed by atoms with Gasteiger partial charge in [0.05, 0.1) is 6.10 Å². The first-order valence-electron chi connectivity index (χ1n) is 9.36. The van der Waals surface area contributed by atoms with Crippen LogP contribution in [0.25, 0.3) is 0 Å². The van der Waals surface area contributed by atoms with Gasteiger partial charge in [0.1, 0.15) is 0 Å². The summed E-state index contributed by atoms with van der Waals surface area (Å²) in [6.07, 6.45) is 10.7. The minimum atomic E-state index is 0.249. The summed E-state index contributed by atoms with van der Waals surface area (Å²) in [7, 11) is 0. The molecule has 1 spiro atoms. The fraction of sp³-hybridized carbons (Fsp3) is 0.944. The minimum absolute atomic E-state index is 0.249. The van der Waals surface area contributed by atoms with E-state index in [-0.39, 0.29) is 11.3 Å². The Labute approximate surface area is 134 Å². The molecule has 3 unspecified atom stereocenters. The highest BCUT2D eigenvalue weighted by Gasteiger charge is 2.55. The summed E-state index contributed by atoms with van der Waals surface area (Å²) in [5.74, 6) is 0.962. The third-order valence-corrected chi connectivity index (χ3v) is 6.21. The molecule has 3 atom stereocenters. The van der Waals surface area contributed by atoms with Crippen molar-refractivity contribution in [2.75, 3.05) is 19.7 Å². The first-order valence-corrected chi connectivity index (χ1v) is 9.36. The van der Waals surface area contributed by atoms with E-state index in [1.54, 1.807) is 0 Å². The van der Waals surface area contributed by atoms with Gasteiger partial charge in [-0.05, 0) is 58.0 Å². The monoisotopic (exact) mass is 308 g/mol. The molecule has 1 amide bonds. The number of hydrogen-bond donors (Lipinski definition) is 2. The predicted octanol–water partition coefficient (Wildman–Crippen LogP) is 2.62. The molecule has 2 N–H and O–H groups in total. The first-order chi connectivity index (χ1) is 10.7. The highest BCUT2D eigenvalue weighted by atomic mass is 16.5. The standard InChI is InChI=1S/C18H32N2O2/c1-2-22-16-12-15(18(16)9-4-3-5-10-18)20-17(21)7-6-14-8-11-19-13-14/h14-16,19H,2-13H2,1H3,(H,20,21). The van der Waals surface area contributed by atoms with Crippen LogP contribution in [0.4, 0.5) is 0 Å². The molecule has 3 rings (SSSR count). The van der Waals surface area contributed by atoms with Gasteiger partial charge in [0.15, 0.2) is 0 Å². The van der Waals surface area contributed by atoms with Crippen LogP contribution in [0, 0.1) is 11.3 Å². The fourth-order valence-corrected chi connectivity index (χ4v) is 4.83. The lowest BCUT2D eigenvalue weighted by molar-refractivity contribution is -0.157. The molecule has 1 heterocycles. The van der Waals surface area contributed by atoms with Crippen LogP contribution in [0.1, 0.15) is 64.7 Å². The zero-order valence-corrected chi connectivity index (χ0v) is 14.0. The quantitative estimate of drug-likeness (QED) is 0.793. The molecule has 1 aliphatic heterocycles. The molecule has 4 heteroatoms. The Hall–Kier alpha value is -0.610. The maximum Gasteiger partial charge on any atom is 0.220 e. The molecule has 0 bridgehead atoms. The molecule has 2 aliphatic carbocycles. The SMILES string of the molecule is CCOC1CC(NC(=O)CCC2CCNC2)C12CCCCC2. The predicted molar refractivity (Wildman–Crippen MR) is 87.7 cm³/mol. The van der Waals surface area contributed by atoms with Crippen LogP contribution < -0.4 is 10.6 Å². The minimum Gasteiger partial charge on any atom is -0.378 e. The largest absolute Gasteiger partial charge is 0.378 e.